The smallest absolute Gasteiger partial charge is 0.306 e. The van der Waals surface area contributed by atoms with E-state index in [1.807, 2.05) is 31.2 Å². The predicted octanol–water partition coefficient (Wildman–Crippen LogP) is 0.473. The van der Waals surface area contributed by atoms with E-state index < -0.39 is 15.8 Å². The molecule has 1 aromatic heterocycles. The number of sulfone groups is 1. The van der Waals surface area contributed by atoms with E-state index in [0.29, 0.717) is 25.3 Å². The fourth-order valence-corrected chi connectivity index (χ4v) is 3.60. The van der Waals surface area contributed by atoms with Gasteiger partial charge in [-0.1, -0.05) is 29.8 Å². The maximum atomic E-state index is 12.6. The summed E-state index contributed by atoms with van der Waals surface area (Å²) in [4.78, 5) is 11.3. The third kappa shape index (κ3) is 4.86. The van der Waals surface area contributed by atoms with Gasteiger partial charge in [0.05, 0.1) is 25.8 Å². The fraction of sp³-hybridized carbons (Fsp3) is 0.438. The topological polar surface area (TPSA) is 117 Å². The van der Waals surface area contributed by atoms with Gasteiger partial charge >= 0.3 is 5.97 Å². The van der Waals surface area contributed by atoms with Crippen LogP contribution in [-0.4, -0.2) is 48.6 Å². The average Bonchev–Trinajstić information content (AvgIpc) is 2.98. The molecule has 2 N–H and O–H groups in total. The molecule has 9 heteroatoms. The van der Waals surface area contributed by atoms with Gasteiger partial charge in [0.1, 0.15) is 5.82 Å². The molecule has 136 valence electrons. The molecule has 8 nitrogen and oxygen atoms in total. The third-order valence-corrected chi connectivity index (χ3v) is 5.30. The Kier molecular flexibility index (Phi) is 6.27. The van der Waals surface area contributed by atoms with Gasteiger partial charge in [-0.25, -0.2) is 8.42 Å². The second kappa shape index (κ2) is 8.21. The number of esters is 1. The maximum absolute atomic E-state index is 12.6. The monoisotopic (exact) mass is 366 g/mol. The Morgan fingerprint density at radius 3 is 2.52 bits per heavy atom. The lowest BCUT2D eigenvalue weighted by Gasteiger charge is -2.11. The van der Waals surface area contributed by atoms with Crippen LogP contribution in [0.15, 0.2) is 29.4 Å². The van der Waals surface area contributed by atoms with Crippen molar-refractivity contribution in [3.05, 3.63) is 41.2 Å². The number of rotatable bonds is 8. The van der Waals surface area contributed by atoms with Crippen molar-refractivity contribution in [2.24, 2.45) is 5.73 Å². The molecule has 0 spiro atoms. The maximum Gasteiger partial charge on any atom is 0.306 e. The summed E-state index contributed by atoms with van der Waals surface area (Å²) in [5.74, 6) is -0.469. The van der Waals surface area contributed by atoms with Crippen LogP contribution < -0.4 is 5.73 Å². The molecule has 0 saturated heterocycles. The van der Waals surface area contributed by atoms with Crippen LogP contribution in [0.4, 0.5) is 0 Å². The number of aryl methyl sites for hydroxylation is 1. The largest absolute Gasteiger partial charge is 0.469 e. The minimum Gasteiger partial charge on any atom is -0.469 e. The SMILES string of the molecule is COC(=O)CCS(=O)(=O)c1nnc(CCN)n1Cc1ccc(C)cc1. The summed E-state index contributed by atoms with van der Waals surface area (Å²) in [5, 5.41) is 7.66. The van der Waals surface area contributed by atoms with E-state index in [4.69, 9.17) is 5.73 Å². The van der Waals surface area contributed by atoms with Crippen LogP contribution >= 0.6 is 0 Å². The van der Waals surface area contributed by atoms with Crippen LogP contribution in [0.2, 0.25) is 0 Å². The number of hydrogen-bond acceptors (Lipinski definition) is 7. The van der Waals surface area contributed by atoms with Crippen molar-refractivity contribution in [2.45, 2.75) is 31.5 Å². The van der Waals surface area contributed by atoms with E-state index in [2.05, 4.69) is 14.9 Å². The van der Waals surface area contributed by atoms with Crippen LogP contribution in [0.5, 0.6) is 0 Å². The van der Waals surface area contributed by atoms with Gasteiger partial charge in [0, 0.05) is 6.42 Å². The van der Waals surface area contributed by atoms with E-state index in [0.717, 1.165) is 11.1 Å². The van der Waals surface area contributed by atoms with Crippen LogP contribution in [0.3, 0.4) is 0 Å². The first-order valence-electron chi connectivity index (χ1n) is 7.84. The molecule has 2 rings (SSSR count). The molecule has 0 saturated carbocycles. The molecule has 0 aliphatic rings. The number of hydrogen-bond donors (Lipinski definition) is 1. The summed E-state index contributed by atoms with van der Waals surface area (Å²) < 4.78 is 31.2. The predicted molar refractivity (Wildman–Crippen MR) is 91.7 cm³/mol. The van der Waals surface area contributed by atoms with Crippen molar-refractivity contribution in [3.8, 4) is 0 Å². The lowest BCUT2D eigenvalue weighted by molar-refractivity contribution is -0.140. The van der Waals surface area contributed by atoms with E-state index in [-0.39, 0.29) is 17.3 Å². The Hall–Kier alpha value is -2.26. The zero-order chi connectivity index (χ0) is 18.4. The quantitative estimate of drug-likeness (QED) is 0.675. The molecule has 0 amide bonds. The van der Waals surface area contributed by atoms with Gasteiger partial charge in [-0.2, -0.15) is 0 Å². The van der Waals surface area contributed by atoms with Crippen LogP contribution in [-0.2, 0) is 32.3 Å². The highest BCUT2D eigenvalue weighted by atomic mass is 32.2. The molecule has 1 aromatic carbocycles. The Morgan fingerprint density at radius 2 is 1.92 bits per heavy atom. The Morgan fingerprint density at radius 1 is 1.24 bits per heavy atom. The molecule has 0 unspecified atom stereocenters. The average molecular weight is 366 g/mol. The zero-order valence-corrected chi connectivity index (χ0v) is 15.1. The van der Waals surface area contributed by atoms with Gasteiger partial charge in [-0.15, -0.1) is 10.2 Å². The minimum absolute atomic E-state index is 0.152. The Bertz CT molecular complexity index is 828. The van der Waals surface area contributed by atoms with Gasteiger partial charge in [-0.05, 0) is 19.0 Å². The summed E-state index contributed by atoms with van der Waals surface area (Å²) in [7, 11) is -2.56. The highest BCUT2D eigenvalue weighted by Crippen LogP contribution is 2.16. The Labute approximate surface area is 146 Å². The summed E-state index contributed by atoms with van der Waals surface area (Å²) in [6, 6.07) is 7.75. The van der Waals surface area contributed by atoms with E-state index in [9.17, 15) is 13.2 Å². The van der Waals surface area contributed by atoms with E-state index in [1.54, 1.807) is 4.57 Å². The van der Waals surface area contributed by atoms with Crippen molar-refractivity contribution < 1.29 is 17.9 Å². The first-order chi connectivity index (χ1) is 11.9. The number of ether oxygens (including phenoxy) is 1. The van der Waals surface area contributed by atoms with Crippen molar-refractivity contribution in [1.82, 2.24) is 14.8 Å². The second-order valence-corrected chi connectivity index (χ2v) is 7.66. The van der Waals surface area contributed by atoms with E-state index in [1.165, 1.54) is 7.11 Å². The summed E-state index contributed by atoms with van der Waals surface area (Å²) >= 11 is 0. The van der Waals surface area contributed by atoms with Gasteiger partial charge in [0.15, 0.2) is 0 Å². The highest BCUT2D eigenvalue weighted by Gasteiger charge is 2.25. The normalized spacial score (nSPS) is 11.5. The number of benzene rings is 1. The lowest BCUT2D eigenvalue weighted by Crippen LogP contribution is -2.19. The lowest BCUT2D eigenvalue weighted by atomic mass is 10.1. The molecule has 2 aromatic rings. The Balaban J connectivity index is 2.34. The van der Waals surface area contributed by atoms with Crippen LogP contribution in [0.1, 0.15) is 23.4 Å². The van der Waals surface area contributed by atoms with Crippen molar-refractivity contribution in [2.75, 3.05) is 19.4 Å². The van der Waals surface area contributed by atoms with Gasteiger partial charge < -0.3 is 10.5 Å². The van der Waals surface area contributed by atoms with Crippen molar-refractivity contribution in [3.63, 3.8) is 0 Å². The molecule has 0 radical (unpaired) electrons. The third-order valence-electron chi connectivity index (χ3n) is 3.70. The zero-order valence-electron chi connectivity index (χ0n) is 14.3. The van der Waals surface area contributed by atoms with Gasteiger partial charge in [0.25, 0.3) is 0 Å². The van der Waals surface area contributed by atoms with Crippen molar-refractivity contribution >= 4 is 15.8 Å². The first kappa shape index (κ1) is 19.1. The van der Waals surface area contributed by atoms with Crippen LogP contribution in [0.25, 0.3) is 0 Å². The minimum atomic E-state index is -3.77. The van der Waals surface area contributed by atoms with Gasteiger partial charge in [0.2, 0.25) is 15.0 Å². The fourth-order valence-electron chi connectivity index (χ4n) is 2.31. The molecule has 0 aliphatic carbocycles. The molecular formula is C16H22N4O4S. The highest BCUT2D eigenvalue weighted by molar-refractivity contribution is 7.91. The molecule has 0 atom stereocenters. The summed E-state index contributed by atoms with van der Waals surface area (Å²) in [5.41, 5.74) is 7.62. The first-order valence-corrected chi connectivity index (χ1v) is 9.50. The number of nitrogens with two attached hydrogens (primary N) is 1. The molecule has 0 aliphatic heterocycles. The molecule has 1 heterocycles. The standard InChI is InChI=1S/C16H22N4O4S/c1-12-3-5-13(6-4-12)11-20-14(7-9-17)18-19-16(20)25(22,23)10-8-15(21)24-2/h3-6H,7-11,17H2,1-2H3. The van der Waals surface area contributed by atoms with Gasteiger partial charge in [-0.3, -0.25) is 9.36 Å². The number of nitrogens with zero attached hydrogens (tertiary/aromatic N) is 3. The summed E-state index contributed by atoms with van der Waals surface area (Å²) in [6.45, 7) is 2.62. The van der Waals surface area contributed by atoms with Crippen LogP contribution in [0, 0.1) is 6.92 Å². The summed E-state index contributed by atoms with van der Waals surface area (Å²) in [6.07, 6.45) is 0.174. The molecule has 25 heavy (non-hydrogen) atoms. The number of carbonyl (C=O) groups excluding carboxylic acids is 1. The number of methoxy groups -OCH3 is 1. The number of aromatic nitrogens is 3. The molecule has 0 bridgehead atoms. The van der Waals surface area contributed by atoms with Crippen molar-refractivity contribution in [1.29, 1.82) is 0 Å². The molecular weight excluding hydrogens is 344 g/mol. The molecule has 0 fully saturated rings. The second-order valence-electron chi connectivity index (χ2n) is 5.65. The van der Waals surface area contributed by atoms with E-state index >= 15 is 0 Å². The number of carbonyl (C=O) groups is 1.